The summed E-state index contributed by atoms with van der Waals surface area (Å²) in [6, 6.07) is 4.03. The molecular formula is C13H13N3O4. The van der Waals surface area contributed by atoms with Gasteiger partial charge in [0.05, 0.1) is 17.8 Å². The van der Waals surface area contributed by atoms with Crippen molar-refractivity contribution in [2.24, 2.45) is 0 Å². The van der Waals surface area contributed by atoms with Gasteiger partial charge in [0.2, 0.25) is 0 Å². The van der Waals surface area contributed by atoms with Gasteiger partial charge < -0.3 is 15.1 Å². The standard InChI is InChI=1S/C13H13N3O4/c17-9-4-11(13(19)20)16(6-9)12(18)7-1-2-8-5-14-15-10(8)3-7/h1-3,5,9,11,17H,4,6H2,(H,14,15)(H,19,20)/t9-,11-/m1/s1. The second kappa shape index (κ2) is 4.61. The first-order chi connectivity index (χ1) is 9.56. The molecule has 2 heterocycles. The molecule has 7 heteroatoms. The van der Waals surface area contributed by atoms with Crippen LogP contribution in [-0.2, 0) is 4.79 Å². The molecule has 0 spiro atoms. The summed E-state index contributed by atoms with van der Waals surface area (Å²) in [6.07, 6.45) is 0.910. The Bertz CT molecular complexity index is 681. The summed E-state index contributed by atoms with van der Waals surface area (Å²) in [5.74, 6) is -1.50. The molecule has 7 nitrogen and oxygen atoms in total. The number of aromatic amines is 1. The molecule has 1 fully saturated rings. The van der Waals surface area contributed by atoms with Crippen LogP contribution in [0.3, 0.4) is 0 Å². The van der Waals surface area contributed by atoms with Crippen LogP contribution in [0, 0.1) is 0 Å². The van der Waals surface area contributed by atoms with E-state index in [-0.39, 0.29) is 13.0 Å². The van der Waals surface area contributed by atoms with Gasteiger partial charge in [-0.25, -0.2) is 4.79 Å². The minimum Gasteiger partial charge on any atom is -0.480 e. The summed E-state index contributed by atoms with van der Waals surface area (Å²) in [7, 11) is 0. The first kappa shape index (κ1) is 12.6. The molecule has 1 aromatic heterocycles. The quantitative estimate of drug-likeness (QED) is 0.727. The van der Waals surface area contributed by atoms with Gasteiger partial charge >= 0.3 is 5.97 Å². The lowest BCUT2D eigenvalue weighted by Crippen LogP contribution is -2.40. The summed E-state index contributed by atoms with van der Waals surface area (Å²) in [5, 5.41) is 26.2. The number of H-pyrrole nitrogens is 1. The Hall–Kier alpha value is -2.41. The Morgan fingerprint density at radius 3 is 2.95 bits per heavy atom. The molecule has 20 heavy (non-hydrogen) atoms. The van der Waals surface area contributed by atoms with E-state index < -0.39 is 24.0 Å². The van der Waals surface area contributed by atoms with Crippen LogP contribution in [0.5, 0.6) is 0 Å². The number of amides is 1. The van der Waals surface area contributed by atoms with Crippen LogP contribution in [0.2, 0.25) is 0 Å². The summed E-state index contributed by atoms with van der Waals surface area (Å²) >= 11 is 0. The molecule has 3 N–H and O–H groups in total. The Labute approximate surface area is 113 Å². The van der Waals surface area contributed by atoms with Gasteiger partial charge in [-0.3, -0.25) is 9.89 Å². The number of carboxylic acids is 1. The average molecular weight is 275 g/mol. The van der Waals surface area contributed by atoms with Crippen LogP contribution in [0.1, 0.15) is 16.8 Å². The lowest BCUT2D eigenvalue weighted by atomic mass is 10.1. The van der Waals surface area contributed by atoms with Crippen molar-refractivity contribution >= 4 is 22.8 Å². The molecule has 1 aliphatic heterocycles. The number of likely N-dealkylation sites (tertiary alicyclic amines) is 1. The number of hydrogen-bond donors (Lipinski definition) is 3. The van der Waals surface area contributed by atoms with E-state index in [4.69, 9.17) is 5.11 Å². The number of rotatable bonds is 2. The zero-order valence-corrected chi connectivity index (χ0v) is 10.5. The van der Waals surface area contributed by atoms with Crippen LogP contribution in [0.15, 0.2) is 24.4 Å². The Morgan fingerprint density at radius 1 is 1.40 bits per heavy atom. The number of aromatic nitrogens is 2. The number of fused-ring (bicyclic) bond motifs is 1. The number of nitrogens with one attached hydrogen (secondary N) is 1. The van der Waals surface area contributed by atoms with E-state index in [0.29, 0.717) is 11.1 Å². The van der Waals surface area contributed by atoms with Gasteiger partial charge in [-0.1, -0.05) is 6.07 Å². The molecule has 3 rings (SSSR count). The van der Waals surface area contributed by atoms with Crippen molar-refractivity contribution in [1.29, 1.82) is 0 Å². The van der Waals surface area contributed by atoms with Crippen LogP contribution in [0.4, 0.5) is 0 Å². The van der Waals surface area contributed by atoms with E-state index in [2.05, 4.69) is 10.2 Å². The van der Waals surface area contributed by atoms with Crippen LogP contribution < -0.4 is 0 Å². The average Bonchev–Trinajstić information content (AvgIpc) is 3.02. The molecule has 104 valence electrons. The van der Waals surface area contributed by atoms with Gasteiger partial charge in [0.25, 0.3) is 5.91 Å². The van der Waals surface area contributed by atoms with Crippen LogP contribution >= 0.6 is 0 Å². The normalized spacial score (nSPS) is 22.4. The van der Waals surface area contributed by atoms with Crippen molar-refractivity contribution in [2.45, 2.75) is 18.6 Å². The minimum absolute atomic E-state index is 0.0385. The SMILES string of the molecule is O=C(O)[C@H]1C[C@@H](O)CN1C(=O)c1ccc2cn[nH]c2c1. The molecular weight excluding hydrogens is 262 g/mol. The monoisotopic (exact) mass is 275 g/mol. The first-order valence-electron chi connectivity index (χ1n) is 6.21. The number of carbonyl (C=O) groups excluding carboxylic acids is 1. The molecule has 0 bridgehead atoms. The lowest BCUT2D eigenvalue weighted by Gasteiger charge is -2.21. The van der Waals surface area contributed by atoms with E-state index in [1.807, 2.05) is 0 Å². The summed E-state index contributed by atoms with van der Waals surface area (Å²) in [4.78, 5) is 24.7. The smallest absolute Gasteiger partial charge is 0.326 e. The highest BCUT2D eigenvalue weighted by atomic mass is 16.4. The molecule has 0 saturated carbocycles. The number of carboxylic acid groups (broad SMARTS) is 1. The van der Waals surface area contributed by atoms with Crippen molar-refractivity contribution < 1.29 is 19.8 Å². The topological polar surface area (TPSA) is 107 Å². The molecule has 0 radical (unpaired) electrons. The minimum atomic E-state index is -1.10. The maximum absolute atomic E-state index is 12.4. The summed E-state index contributed by atoms with van der Waals surface area (Å²) in [5.41, 5.74) is 1.09. The van der Waals surface area contributed by atoms with Gasteiger partial charge in [0.15, 0.2) is 0 Å². The van der Waals surface area contributed by atoms with E-state index in [9.17, 15) is 14.7 Å². The number of β-amino-alcohol motifs (C(OH)–C–C–N with tert-alkyl or cyclic N) is 1. The predicted molar refractivity (Wildman–Crippen MR) is 69.2 cm³/mol. The third-order valence-electron chi connectivity index (χ3n) is 3.51. The Kier molecular flexibility index (Phi) is 2.90. The second-order valence-electron chi connectivity index (χ2n) is 4.87. The number of aliphatic carboxylic acids is 1. The van der Waals surface area contributed by atoms with E-state index >= 15 is 0 Å². The molecule has 2 aromatic rings. The van der Waals surface area contributed by atoms with Crippen molar-refractivity contribution in [3.05, 3.63) is 30.0 Å². The fourth-order valence-corrected chi connectivity index (χ4v) is 2.51. The zero-order chi connectivity index (χ0) is 14.3. The highest BCUT2D eigenvalue weighted by Crippen LogP contribution is 2.22. The summed E-state index contributed by atoms with van der Waals surface area (Å²) in [6.45, 7) is 0.0385. The van der Waals surface area contributed by atoms with Crippen molar-refractivity contribution in [3.63, 3.8) is 0 Å². The number of hydrogen-bond acceptors (Lipinski definition) is 4. The van der Waals surface area contributed by atoms with Crippen LogP contribution in [0.25, 0.3) is 10.9 Å². The largest absolute Gasteiger partial charge is 0.480 e. The molecule has 1 aromatic carbocycles. The number of benzene rings is 1. The molecule has 0 aliphatic carbocycles. The van der Waals surface area contributed by atoms with Gasteiger partial charge in [-0.15, -0.1) is 0 Å². The molecule has 1 aliphatic rings. The van der Waals surface area contributed by atoms with Gasteiger partial charge in [0, 0.05) is 23.9 Å². The number of aliphatic hydroxyl groups excluding tert-OH is 1. The lowest BCUT2D eigenvalue weighted by molar-refractivity contribution is -0.141. The highest BCUT2D eigenvalue weighted by molar-refractivity contribution is 5.99. The van der Waals surface area contributed by atoms with Gasteiger partial charge in [0.1, 0.15) is 6.04 Å². The Balaban J connectivity index is 1.92. The number of carbonyl (C=O) groups is 2. The third-order valence-corrected chi connectivity index (χ3v) is 3.51. The predicted octanol–water partition coefficient (Wildman–Crippen LogP) is 0.223. The summed E-state index contributed by atoms with van der Waals surface area (Å²) < 4.78 is 0. The maximum Gasteiger partial charge on any atom is 0.326 e. The van der Waals surface area contributed by atoms with Gasteiger partial charge in [-0.05, 0) is 12.1 Å². The van der Waals surface area contributed by atoms with E-state index in [1.165, 1.54) is 4.90 Å². The van der Waals surface area contributed by atoms with Crippen molar-refractivity contribution in [1.82, 2.24) is 15.1 Å². The maximum atomic E-state index is 12.4. The zero-order valence-electron chi connectivity index (χ0n) is 10.5. The fourth-order valence-electron chi connectivity index (χ4n) is 2.51. The number of nitrogens with zero attached hydrogens (tertiary/aromatic N) is 2. The van der Waals surface area contributed by atoms with Crippen LogP contribution in [-0.4, -0.2) is 55.9 Å². The highest BCUT2D eigenvalue weighted by Gasteiger charge is 2.39. The first-order valence-corrected chi connectivity index (χ1v) is 6.21. The van der Waals surface area contributed by atoms with E-state index in [1.54, 1.807) is 24.4 Å². The second-order valence-corrected chi connectivity index (χ2v) is 4.87. The Morgan fingerprint density at radius 2 is 2.20 bits per heavy atom. The van der Waals surface area contributed by atoms with Gasteiger partial charge in [-0.2, -0.15) is 5.10 Å². The van der Waals surface area contributed by atoms with E-state index in [0.717, 1.165) is 5.39 Å². The fraction of sp³-hybridized carbons (Fsp3) is 0.308. The van der Waals surface area contributed by atoms with Crippen molar-refractivity contribution in [2.75, 3.05) is 6.54 Å². The molecule has 1 saturated heterocycles. The molecule has 0 unspecified atom stereocenters. The molecule has 2 atom stereocenters. The number of aliphatic hydroxyl groups is 1. The molecule has 1 amide bonds. The third kappa shape index (κ3) is 2.01. The van der Waals surface area contributed by atoms with Crippen molar-refractivity contribution in [3.8, 4) is 0 Å².